The SMILES string of the molecule is Cc1nc(OCc2ccccc2)c2c(n1)c(Br)cn2OCC[Si](C)(C)C. The van der Waals surface area contributed by atoms with Crippen molar-refractivity contribution < 1.29 is 9.57 Å². The van der Waals surface area contributed by atoms with Gasteiger partial charge in [0.05, 0.1) is 10.7 Å². The highest BCUT2D eigenvalue weighted by molar-refractivity contribution is 9.10. The van der Waals surface area contributed by atoms with Crippen LogP contribution in [0, 0.1) is 6.92 Å². The van der Waals surface area contributed by atoms with Crippen LogP contribution in [-0.4, -0.2) is 29.4 Å². The largest absolute Gasteiger partial charge is 0.471 e. The molecule has 0 fully saturated rings. The van der Waals surface area contributed by atoms with Gasteiger partial charge in [0.25, 0.3) is 0 Å². The molecule has 0 bridgehead atoms. The molecule has 0 spiro atoms. The van der Waals surface area contributed by atoms with Gasteiger partial charge in [0.1, 0.15) is 24.6 Å². The van der Waals surface area contributed by atoms with Crippen LogP contribution in [-0.2, 0) is 6.61 Å². The lowest BCUT2D eigenvalue weighted by molar-refractivity contribution is 0.129. The second-order valence-corrected chi connectivity index (χ2v) is 14.0. The first-order valence-corrected chi connectivity index (χ1v) is 13.2. The molecule has 3 rings (SSSR count). The fraction of sp³-hybridized carbons (Fsp3) is 0.368. The van der Waals surface area contributed by atoms with E-state index in [-0.39, 0.29) is 0 Å². The molecule has 0 aliphatic heterocycles. The number of aromatic nitrogens is 3. The topological polar surface area (TPSA) is 49.2 Å². The van der Waals surface area contributed by atoms with E-state index in [1.54, 1.807) is 4.73 Å². The zero-order valence-corrected chi connectivity index (χ0v) is 18.2. The van der Waals surface area contributed by atoms with Crippen LogP contribution in [0.4, 0.5) is 0 Å². The standard InChI is InChI=1S/C19H24BrN3O2Si/c1-14-21-17-16(20)12-23(25-10-11-26(2,3)4)18(17)19(22-14)24-13-15-8-6-5-7-9-15/h5-9,12H,10-11,13H2,1-4H3. The lowest BCUT2D eigenvalue weighted by Gasteiger charge is -2.17. The van der Waals surface area contributed by atoms with E-state index >= 15 is 0 Å². The highest BCUT2D eigenvalue weighted by atomic mass is 79.9. The number of ether oxygens (including phenoxy) is 1. The highest BCUT2D eigenvalue weighted by Crippen LogP contribution is 2.30. The Hall–Kier alpha value is -1.86. The van der Waals surface area contributed by atoms with Gasteiger partial charge < -0.3 is 9.57 Å². The number of aryl methyl sites for hydroxylation is 1. The third-order valence-corrected chi connectivity index (χ3v) is 6.23. The molecule has 1 aromatic carbocycles. The molecule has 2 heterocycles. The third kappa shape index (κ3) is 4.65. The summed E-state index contributed by atoms with van der Waals surface area (Å²) in [5.74, 6) is 1.20. The average Bonchev–Trinajstić information content (AvgIpc) is 2.88. The fourth-order valence-electron chi connectivity index (χ4n) is 2.51. The zero-order valence-electron chi connectivity index (χ0n) is 15.6. The molecule has 5 nitrogen and oxygen atoms in total. The second-order valence-electron chi connectivity index (χ2n) is 7.49. The summed E-state index contributed by atoms with van der Waals surface area (Å²) in [7, 11) is -1.17. The quantitative estimate of drug-likeness (QED) is 0.499. The maximum Gasteiger partial charge on any atom is 0.245 e. The molecule has 26 heavy (non-hydrogen) atoms. The van der Waals surface area contributed by atoms with Crippen molar-refractivity contribution in [1.82, 2.24) is 14.7 Å². The Morgan fingerprint density at radius 1 is 1.12 bits per heavy atom. The molecule has 2 aromatic heterocycles. The van der Waals surface area contributed by atoms with E-state index in [0.717, 1.165) is 27.1 Å². The van der Waals surface area contributed by atoms with Crippen molar-refractivity contribution >= 4 is 35.0 Å². The maximum atomic E-state index is 6.02. The molecule has 7 heteroatoms. The van der Waals surface area contributed by atoms with Crippen LogP contribution in [0.25, 0.3) is 11.0 Å². The van der Waals surface area contributed by atoms with Crippen LogP contribution in [0.5, 0.6) is 5.88 Å². The molecule has 0 amide bonds. The van der Waals surface area contributed by atoms with Crippen molar-refractivity contribution in [3.8, 4) is 5.88 Å². The minimum Gasteiger partial charge on any atom is -0.471 e. The van der Waals surface area contributed by atoms with E-state index in [1.165, 1.54) is 0 Å². The molecule has 0 radical (unpaired) electrons. The summed E-state index contributed by atoms with van der Waals surface area (Å²) in [6.45, 7) is 9.98. The van der Waals surface area contributed by atoms with Crippen molar-refractivity contribution in [2.75, 3.05) is 6.61 Å². The first-order chi connectivity index (χ1) is 12.3. The van der Waals surface area contributed by atoms with Gasteiger partial charge in [0, 0.05) is 8.07 Å². The minimum atomic E-state index is -1.17. The van der Waals surface area contributed by atoms with E-state index in [4.69, 9.17) is 9.57 Å². The van der Waals surface area contributed by atoms with Gasteiger partial charge in [-0.1, -0.05) is 50.0 Å². The molecular formula is C19H24BrN3O2Si. The molecule has 0 aliphatic carbocycles. The highest BCUT2D eigenvalue weighted by Gasteiger charge is 2.18. The van der Waals surface area contributed by atoms with Crippen molar-refractivity contribution in [3.63, 3.8) is 0 Å². The summed E-state index contributed by atoms with van der Waals surface area (Å²) >= 11 is 3.58. The van der Waals surface area contributed by atoms with Crippen LogP contribution in [0.1, 0.15) is 11.4 Å². The number of halogens is 1. The van der Waals surface area contributed by atoms with E-state index in [0.29, 0.717) is 24.9 Å². The van der Waals surface area contributed by atoms with Crippen molar-refractivity contribution in [2.24, 2.45) is 0 Å². The van der Waals surface area contributed by atoms with Crippen molar-refractivity contribution in [3.05, 3.63) is 52.4 Å². The predicted octanol–water partition coefficient (Wildman–Crippen LogP) is 4.85. The van der Waals surface area contributed by atoms with Crippen LogP contribution in [0.15, 0.2) is 41.0 Å². The lowest BCUT2D eigenvalue weighted by Crippen LogP contribution is -2.25. The molecule has 0 saturated carbocycles. The lowest BCUT2D eigenvalue weighted by atomic mass is 10.2. The number of hydrogen-bond donors (Lipinski definition) is 0. The third-order valence-electron chi connectivity index (χ3n) is 3.94. The van der Waals surface area contributed by atoms with Crippen molar-refractivity contribution in [1.29, 1.82) is 0 Å². The smallest absolute Gasteiger partial charge is 0.245 e. The Balaban J connectivity index is 1.88. The summed E-state index contributed by atoms with van der Waals surface area (Å²) < 4.78 is 8.63. The summed E-state index contributed by atoms with van der Waals surface area (Å²) in [5, 5.41) is 0. The Morgan fingerprint density at radius 2 is 1.85 bits per heavy atom. The molecule has 0 N–H and O–H groups in total. The minimum absolute atomic E-state index is 0.449. The van der Waals surface area contributed by atoms with E-state index in [2.05, 4.69) is 45.5 Å². The Bertz CT molecular complexity index is 891. The summed E-state index contributed by atoms with van der Waals surface area (Å²) in [6, 6.07) is 11.1. The Labute approximate surface area is 163 Å². The van der Waals surface area contributed by atoms with Crippen LogP contribution >= 0.6 is 15.9 Å². The number of nitrogens with zero attached hydrogens (tertiary/aromatic N) is 3. The first kappa shape index (κ1) is 18.9. The molecule has 0 aliphatic rings. The van der Waals surface area contributed by atoms with Crippen LogP contribution in [0.3, 0.4) is 0 Å². The monoisotopic (exact) mass is 433 g/mol. The van der Waals surface area contributed by atoms with Crippen molar-refractivity contribution in [2.45, 2.75) is 39.2 Å². The van der Waals surface area contributed by atoms with E-state index < -0.39 is 8.07 Å². The van der Waals surface area contributed by atoms with Gasteiger partial charge >= 0.3 is 0 Å². The van der Waals surface area contributed by atoms with Gasteiger partial charge in [-0.15, -0.1) is 0 Å². The fourth-order valence-corrected chi connectivity index (χ4v) is 3.68. The average molecular weight is 434 g/mol. The molecular weight excluding hydrogens is 410 g/mol. The van der Waals surface area contributed by atoms with E-state index in [1.807, 2.05) is 43.5 Å². The molecule has 138 valence electrons. The van der Waals surface area contributed by atoms with Gasteiger partial charge in [0.2, 0.25) is 5.88 Å². The van der Waals surface area contributed by atoms with Gasteiger partial charge in [-0.05, 0) is 34.5 Å². The Kier molecular flexibility index (Phi) is 5.67. The normalized spacial score (nSPS) is 11.7. The van der Waals surface area contributed by atoms with Crippen LogP contribution < -0.4 is 9.57 Å². The van der Waals surface area contributed by atoms with Crippen LogP contribution in [0.2, 0.25) is 25.7 Å². The number of hydrogen-bond acceptors (Lipinski definition) is 4. The Morgan fingerprint density at radius 3 is 2.54 bits per heavy atom. The van der Waals surface area contributed by atoms with Gasteiger partial charge in [-0.3, -0.25) is 0 Å². The summed E-state index contributed by atoms with van der Waals surface area (Å²) in [4.78, 5) is 15.0. The predicted molar refractivity (Wildman–Crippen MR) is 110 cm³/mol. The van der Waals surface area contributed by atoms with Gasteiger partial charge in [-0.2, -0.15) is 9.71 Å². The second kappa shape index (κ2) is 7.80. The molecule has 0 saturated heterocycles. The van der Waals surface area contributed by atoms with E-state index in [9.17, 15) is 0 Å². The number of rotatable bonds is 7. The maximum absolute atomic E-state index is 6.02. The van der Waals surface area contributed by atoms with Gasteiger partial charge in [0.15, 0.2) is 5.52 Å². The first-order valence-electron chi connectivity index (χ1n) is 8.69. The van der Waals surface area contributed by atoms with Gasteiger partial charge in [-0.25, -0.2) is 4.98 Å². The summed E-state index contributed by atoms with van der Waals surface area (Å²) in [6.07, 6.45) is 1.89. The number of benzene rings is 1. The number of fused-ring (bicyclic) bond motifs is 1. The molecule has 0 unspecified atom stereocenters. The molecule has 0 atom stereocenters. The zero-order chi connectivity index (χ0) is 18.7. The molecule has 3 aromatic rings. The summed E-state index contributed by atoms with van der Waals surface area (Å²) in [5.41, 5.74) is 2.65.